The Labute approximate surface area is 175 Å². The van der Waals surface area contributed by atoms with Crippen LogP contribution in [0, 0.1) is 0 Å². The molecular formula is C19H24F2IN3O2. The Kier molecular flexibility index (Phi) is 9.84. The number of nitrogens with zero attached hydrogens (tertiary/aromatic N) is 2. The van der Waals surface area contributed by atoms with E-state index in [1.54, 1.807) is 12.1 Å². The molecule has 0 amide bonds. The van der Waals surface area contributed by atoms with Crippen LogP contribution in [-0.2, 0) is 13.1 Å². The molecule has 0 saturated carbocycles. The minimum atomic E-state index is -2.91. The lowest BCUT2D eigenvalue weighted by Crippen LogP contribution is -2.36. The van der Waals surface area contributed by atoms with Crippen molar-refractivity contribution in [3.63, 3.8) is 0 Å². The van der Waals surface area contributed by atoms with Gasteiger partial charge in [-0.2, -0.15) is 8.78 Å². The lowest BCUT2D eigenvalue weighted by atomic mass is 10.2. The van der Waals surface area contributed by atoms with Gasteiger partial charge in [-0.1, -0.05) is 36.4 Å². The molecule has 0 fully saturated rings. The third-order valence-corrected chi connectivity index (χ3v) is 3.57. The molecule has 0 bridgehead atoms. The molecular weight excluding hydrogens is 467 g/mol. The van der Waals surface area contributed by atoms with Crippen LogP contribution < -0.4 is 14.8 Å². The smallest absolute Gasteiger partial charge is 0.387 e. The monoisotopic (exact) mass is 491 g/mol. The standard InChI is InChI=1S/C19H23F2N3O2.HI/c1-24(2)19(22-12-14-7-5-4-6-8-14)23-13-15-9-10-16(25-3)17(11-15)26-18(20)21;/h4-11,18H,12-13H2,1-3H3,(H,22,23);1H. The SMILES string of the molecule is COc1ccc(CN=C(NCc2ccccc2)N(C)C)cc1OC(F)F.I. The average molecular weight is 491 g/mol. The maximum absolute atomic E-state index is 12.5. The molecule has 0 aliphatic rings. The lowest BCUT2D eigenvalue weighted by molar-refractivity contribution is -0.0512. The molecule has 0 aliphatic carbocycles. The summed E-state index contributed by atoms with van der Waals surface area (Å²) in [6.45, 7) is -1.95. The maximum Gasteiger partial charge on any atom is 0.387 e. The predicted molar refractivity (Wildman–Crippen MR) is 113 cm³/mol. The number of aliphatic imine (C=N–C) groups is 1. The van der Waals surface area contributed by atoms with Gasteiger partial charge >= 0.3 is 6.61 Å². The van der Waals surface area contributed by atoms with E-state index in [1.807, 2.05) is 49.3 Å². The van der Waals surface area contributed by atoms with E-state index in [0.29, 0.717) is 19.0 Å². The highest BCUT2D eigenvalue weighted by atomic mass is 127. The number of ether oxygens (including phenoxy) is 2. The second-order valence-corrected chi connectivity index (χ2v) is 5.74. The molecule has 0 aliphatic heterocycles. The van der Waals surface area contributed by atoms with E-state index in [1.165, 1.54) is 13.2 Å². The van der Waals surface area contributed by atoms with Crippen LogP contribution in [0.2, 0.25) is 0 Å². The summed E-state index contributed by atoms with van der Waals surface area (Å²) in [6, 6.07) is 14.8. The number of guanidine groups is 1. The molecule has 1 N–H and O–H groups in total. The third kappa shape index (κ3) is 7.58. The predicted octanol–water partition coefficient (Wildman–Crippen LogP) is 4.12. The van der Waals surface area contributed by atoms with Crippen molar-refractivity contribution >= 4 is 29.9 Å². The number of methoxy groups -OCH3 is 1. The summed E-state index contributed by atoms with van der Waals surface area (Å²) in [4.78, 5) is 6.40. The molecule has 8 heteroatoms. The minimum absolute atomic E-state index is 0. The summed E-state index contributed by atoms with van der Waals surface area (Å²) in [6.07, 6.45) is 0. The van der Waals surface area contributed by atoms with Gasteiger partial charge in [0.1, 0.15) is 0 Å². The molecule has 0 spiro atoms. The molecule has 27 heavy (non-hydrogen) atoms. The fourth-order valence-electron chi connectivity index (χ4n) is 2.31. The van der Waals surface area contributed by atoms with Crippen molar-refractivity contribution in [1.82, 2.24) is 10.2 Å². The summed E-state index contributed by atoms with van der Waals surface area (Å²) in [5, 5.41) is 3.28. The molecule has 0 saturated heterocycles. The highest BCUT2D eigenvalue weighted by Crippen LogP contribution is 2.29. The minimum Gasteiger partial charge on any atom is -0.493 e. The maximum atomic E-state index is 12.5. The Morgan fingerprint density at radius 2 is 1.78 bits per heavy atom. The van der Waals surface area contributed by atoms with Crippen molar-refractivity contribution in [2.75, 3.05) is 21.2 Å². The van der Waals surface area contributed by atoms with Crippen molar-refractivity contribution in [2.45, 2.75) is 19.7 Å². The fraction of sp³-hybridized carbons (Fsp3) is 0.316. The Bertz CT molecular complexity index is 728. The normalized spacial score (nSPS) is 11.0. The number of nitrogens with one attached hydrogen (secondary N) is 1. The zero-order chi connectivity index (χ0) is 18.9. The first-order valence-corrected chi connectivity index (χ1v) is 8.11. The first-order valence-electron chi connectivity index (χ1n) is 8.11. The Morgan fingerprint density at radius 1 is 1.07 bits per heavy atom. The van der Waals surface area contributed by atoms with Crippen LogP contribution in [0.15, 0.2) is 53.5 Å². The number of hydrogen-bond acceptors (Lipinski definition) is 3. The van der Waals surface area contributed by atoms with E-state index >= 15 is 0 Å². The topological polar surface area (TPSA) is 46.1 Å². The largest absolute Gasteiger partial charge is 0.493 e. The van der Waals surface area contributed by atoms with Crippen LogP contribution in [0.5, 0.6) is 11.5 Å². The molecule has 0 unspecified atom stereocenters. The molecule has 5 nitrogen and oxygen atoms in total. The first kappa shape index (κ1) is 22.9. The van der Waals surface area contributed by atoms with Crippen molar-refractivity contribution < 1.29 is 18.3 Å². The zero-order valence-corrected chi connectivity index (χ0v) is 17.8. The van der Waals surface area contributed by atoms with E-state index in [2.05, 4.69) is 15.0 Å². The number of benzene rings is 2. The van der Waals surface area contributed by atoms with Gasteiger partial charge in [0.15, 0.2) is 17.5 Å². The van der Waals surface area contributed by atoms with Gasteiger partial charge in [0, 0.05) is 20.6 Å². The molecule has 0 radical (unpaired) electrons. The highest BCUT2D eigenvalue weighted by molar-refractivity contribution is 14.0. The van der Waals surface area contributed by atoms with Crippen molar-refractivity contribution in [3.05, 3.63) is 59.7 Å². The van der Waals surface area contributed by atoms with E-state index in [4.69, 9.17) is 4.74 Å². The average Bonchev–Trinajstić information content (AvgIpc) is 2.62. The number of hydrogen-bond donors (Lipinski definition) is 1. The Hall–Kier alpha value is -2.10. The Morgan fingerprint density at radius 3 is 2.37 bits per heavy atom. The van der Waals surface area contributed by atoms with E-state index in [9.17, 15) is 8.78 Å². The van der Waals surface area contributed by atoms with Crippen LogP contribution in [0.4, 0.5) is 8.78 Å². The number of halogens is 3. The number of alkyl halides is 2. The van der Waals surface area contributed by atoms with Gasteiger partial charge in [-0.05, 0) is 23.3 Å². The van der Waals surface area contributed by atoms with Gasteiger partial charge in [0.2, 0.25) is 0 Å². The van der Waals surface area contributed by atoms with Crippen LogP contribution in [0.3, 0.4) is 0 Å². The van der Waals surface area contributed by atoms with E-state index in [0.717, 1.165) is 11.1 Å². The van der Waals surface area contributed by atoms with Gasteiger partial charge in [-0.25, -0.2) is 4.99 Å². The second-order valence-electron chi connectivity index (χ2n) is 5.74. The summed E-state index contributed by atoms with van der Waals surface area (Å²) in [5.74, 6) is 0.952. The van der Waals surface area contributed by atoms with Crippen molar-refractivity contribution in [2.24, 2.45) is 4.99 Å². The van der Waals surface area contributed by atoms with E-state index < -0.39 is 6.61 Å². The van der Waals surface area contributed by atoms with Crippen LogP contribution in [-0.4, -0.2) is 38.7 Å². The van der Waals surface area contributed by atoms with Gasteiger partial charge in [0.25, 0.3) is 0 Å². The molecule has 0 atom stereocenters. The first-order chi connectivity index (χ1) is 12.5. The molecule has 2 aromatic carbocycles. The van der Waals surface area contributed by atoms with Gasteiger partial charge in [-0.3, -0.25) is 0 Å². The zero-order valence-electron chi connectivity index (χ0n) is 15.5. The van der Waals surface area contributed by atoms with E-state index in [-0.39, 0.29) is 35.5 Å². The second kappa shape index (κ2) is 11.6. The summed E-state index contributed by atoms with van der Waals surface area (Å²) < 4.78 is 34.6. The molecule has 2 rings (SSSR count). The van der Waals surface area contributed by atoms with Crippen molar-refractivity contribution in [3.8, 4) is 11.5 Å². The molecule has 148 valence electrons. The molecule has 0 heterocycles. The third-order valence-electron chi connectivity index (χ3n) is 3.57. The quantitative estimate of drug-likeness (QED) is 0.360. The van der Waals surface area contributed by atoms with Gasteiger partial charge in [-0.15, -0.1) is 24.0 Å². The van der Waals surface area contributed by atoms with Gasteiger partial charge in [0.05, 0.1) is 13.7 Å². The van der Waals surface area contributed by atoms with Crippen LogP contribution >= 0.6 is 24.0 Å². The molecule has 2 aromatic rings. The van der Waals surface area contributed by atoms with Crippen molar-refractivity contribution in [1.29, 1.82) is 0 Å². The summed E-state index contributed by atoms with van der Waals surface area (Å²) in [7, 11) is 5.18. The lowest BCUT2D eigenvalue weighted by Gasteiger charge is -2.18. The summed E-state index contributed by atoms with van der Waals surface area (Å²) >= 11 is 0. The molecule has 0 aromatic heterocycles. The van der Waals surface area contributed by atoms with Crippen LogP contribution in [0.25, 0.3) is 0 Å². The van der Waals surface area contributed by atoms with Gasteiger partial charge < -0.3 is 19.7 Å². The Balaban J connectivity index is 0.00000364. The fourth-order valence-corrected chi connectivity index (χ4v) is 2.31. The highest BCUT2D eigenvalue weighted by Gasteiger charge is 2.11. The van der Waals surface area contributed by atoms with Crippen LogP contribution in [0.1, 0.15) is 11.1 Å². The summed E-state index contributed by atoms with van der Waals surface area (Å²) in [5.41, 5.74) is 1.88. The number of rotatable bonds is 7.